The predicted molar refractivity (Wildman–Crippen MR) is 231 cm³/mol. The average Bonchev–Trinajstić information content (AvgIpc) is 4.01. The van der Waals surface area contributed by atoms with E-state index in [1.165, 1.54) is 35.1 Å². The molecule has 2 amide bonds. The second-order valence-corrected chi connectivity index (χ2v) is 16.2. The number of benzene rings is 4. The van der Waals surface area contributed by atoms with Crippen molar-refractivity contribution in [1.29, 1.82) is 0 Å². The number of fused-ring (bicyclic) bond motifs is 1. The monoisotopic (exact) mass is 841 g/mol. The van der Waals surface area contributed by atoms with E-state index in [4.69, 9.17) is 24.0 Å². The highest BCUT2D eigenvalue weighted by atomic mass is 32.2. The van der Waals surface area contributed by atoms with E-state index >= 15 is 0 Å². The highest BCUT2D eigenvalue weighted by Gasteiger charge is 2.54. The Morgan fingerprint density at radius 1 is 0.933 bits per heavy atom. The van der Waals surface area contributed by atoms with Crippen molar-refractivity contribution in [2.75, 3.05) is 31.9 Å². The van der Waals surface area contributed by atoms with Crippen molar-refractivity contribution >= 4 is 51.7 Å². The average molecular weight is 842 g/mol. The van der Waals surface area contributed by atoms with Gasteiger partial charge in [-0.3, -0.25) is 14.5 Å². The molecule has 5 aromatic rings. The van der Waals surface area contributed by atoms with E-state index in [1.807, 2.05) is 78.9 Å². The summed E-state index contributed by atoms with van der Waals surface area (Å²) in [6, 6.07) is 36.6. The number of hydrogen-bond donors (Lipinski definition) is 2. The van der Waals surface area contributed by atoms with Gasteiger partial charge in [-0.15, -0.1) is 23.1 Å². The number of ether oxygens (including phenoxy) is 3. The van der Waals surface area contributed by atoms with Crippen LogP contribution in [0.2, 0.25) is 0 Å². The Morgan fingerprint density at radius 3 is 2.17 bits per heavy atom. The maximum absolute atomic E-state index is 14.1. The van der Waals surface area contributed by atoms with Crippen LogP contribution in [0.5, 0.6) is 5.75 Å². The fourth-order valence-electron chi connectivity index (χ4n) is 7.56. The molecule has 12 nitrogen and oxygen atoms in total. The minimum absolute atomic E-state index is 0.000440. The molecule has 14 heteroatoms. The smallest absolute Gasteiger partial charge is 0.355 e. The normalized spacial score (nSPS) is 19.1. The summed E-state index contributed by atoms with van der Waals surface area (Å²) in [5, 5.41) is 12.4. The van der Waals surface area contributed by atoms with Crippen LogP contribution in [0.3, 0.4) is 0 Å². The van der Waals surface area contributed by atoms with Gasteiger partial charge < -0.3 is 29.7 Å². The molecule has 0 spiro atoms. The number of esters is 1. The summed E-state index contributed by atoms with van der Waals surface area (Å²) in [5.74, 6) is -0.644. The van der Waals surface area contributed by atoms with Gasteiger partial charge in [0.05, 0.1) is 13.2 Å². The lowest BCUT2D eigenvalue weighted by Crippen LogP contribution is -2.71. The van der Waals surface area contributed by atoms with Crippen LogP contribution in [-0.4, -0.2) is 77.5 Å². The first kappa shape index (κ1) is 40.6. The number of hydrogen-bond acceptors (Lipinski definition) is 12. The standard InChI is InChI=1S/C46H43N5O7S2/c1-55-35-23-20-30(21-24-35)27-58-44(54)40-31(22-25-36-19-12-26-57-36)28-59-43-39(42(53)51(40)43)48-41(52)38(50-56-2)37-29-60-45(47-37)49-46(32-13-6-3-7-14-32,33-15-8-4-9-16-33)34-17-10-5-11-18-34/h3-11,13-18,20-25,29,36,39,43H,12,19,26-28H2,1-2H3,(H,47,49)(H,48,52)/t36?,39-,43+/m1/s1. The van der Waals surface area contributed by atoms with E-state index in [0.29, 0.717) is 28.8 Å². The topological polar surface area (TPSA) is 141 Å². The van der Waals surface area contributed by atoms with E-state index in [0.717, 1.165) is 35.1 Å². The highest BCUT2D eigenvalue weighted by molar-refractivity contribution is 8.00. The summed E-state index contributed by atoms with van der Waals surface area (Å²) in [5.41, 5.74) is 3.83. The molecule has 4 heterocycles. The minimum atomic E-state index is -0.948. The van der Waals surface area contributed by atoms with E-state index in [1.54, 1.807) is 24.6 Å². The Hall–Kier alpha value is -6.22. The summed E-state index contributed by atoms with van der Waals surface area (Å²) in [4.78, 5) is 53.3. The Bertz CT molecular complexity index is 2300. The molecule has 1 unspecified atom stereocenters. The van der Waals surface area contributed by atoms with Gasteiger partial charge in [0.25, 0.3) is 11.8 Å². The van der Waals surface area contributed by atoms with Gasteiger partial charge in [0.2, 0.25) is 0 Å². The van der Waals surface area contributed by atoms with Crippen LogP contribution >= 0.6 is 23.1 Å². The number of anilines is 1. The number of thiazole rings is 1. The molecule has 0 bridgehead atoms. The van der Waals surface area contributed by atoms with Crippen molar-refractivity contribution < 1.29 is 33.4 Å². The van der Waals surface area contributed by atoms with Gasteiger partial charge in [-0.05, 0) is 52.8 Å². The Kier molecular flexibility index (Phi) is 12.4. The third kappa shape index (κ3) is 8.31. The van der Waals surface area contributed by atoms with Gasteiger partial charge in [0.15, 0.2) is 10.8 Å². The lowest BCUT2D eigenvalue weighted by molar-refractivity contribution is -0.153. The molecule has 0 aliphatic carbocycles. The molecule has 2 N–H and O–H groups in total. The van der Waals surface area contributed by atoms with Gasteiger partial charge in [-0.25, -0.2) is 9.78 Å². The summed E-state index contributed by atoms with van der Waals surface area (Å²) in [7, 11) is 2.93. The number of β-lactam (4-membered cyclic amide) rings is 1. The molecule has 3 aliphatic heterocycles. The van der Waals surface area contributed by atoms with Crippen LogP contribution in [0.1, 0.15) is 40.8 Å². The maximum atomic E-state index is 14.1. The molecule has 3 aliphatic rings. The van der Waals surface area contributed by atoms with Crippen LogP contribution in [0.4, 0.5) is 5.13 Å². The number of amides is 2. The molecule has 306 valence electrons. The minimum Gasteiger partial charge on any atom is -0.497 e. The zero-order chi connectivity index (χ0) is 41.5. The zero-order valence-electron chi connectivity index (χ0n) is 33.0. The van der Waals surface area contributed by atoms with E-state index in [2.05, 4.69) is 52.2 Å². The fraction of sp³-hybridized carbons (Fsp3) is 0.239. The first-order chi connectivity index (χ1) is 29.4. The van der Waals surface area contributed by atoms with Crippen LogP contribution < -0.4 is 15.4 Å². The van der Waals surface area contributed by atoms with E-state index in [-0.39, 0.29) is 29.8 Å². The molecule has 2 saturated heterocycles. The number of nitrogens with zero attached hydrogens (tertiary/aromatic N) is 3. The molecule has 8 rings (SSSR count). The van der Waals surface area contributed by atoms with Crippen molar-refractivity contribution in [2.24, 2.45) is 5.16 Å². The highest BCUT2D eigenvalue weighted by Crippen LogP contribution is 2.43. The van der Waals surface area contributed by atoms with Crippen LogP contribution in [0.15, 0.2) is 149 Å². The van der Waals surface area contributed by atoms with Crippen molar-refractivity contribution in [1.82, 2.24) is 15.2 Å². The summed E-state index contributed by atoms with van der Waals surface area (Å²) >= 11 is 2.76. The Labute approximate surface area is 356 Å². The molecule has 60 heavy (non-hydrogen) atoms. The fourth-order valence-corrected chi connectivity index (χ4v) is 9.63. The number of methoxy groups -OCH3 is 1. The summed E-state index contributed by atoms with van der Waals surface area (Å²) < 4.78 is 16.8. The zero-order valence-corrected chi connectivity index (χ0v) is 34.6. The number of oxime groups is 1. The van der Waals surface area contributed by atoms with Crippen LogP contribution in [-0.2, 0) is 40.8 Å². The van der Waals surface area contributed by atoms with Gasteiger partial charge >= 0.3 is 5.97 Å². The van der Waals surface area contributed by atoms with Gasteiger partial charge in [-0.1, -0.05) is 120 Å². The molecule has 0 saturated carbocycles. The summed E-state index contributed by atoms with van der Waals surface area (Å²) in [6.07, 6.45) is 5.54. The van der Waals surface area contributed by atoms with Crippen LogP contribution in [0.25, 0.3) is 0 Å². The predicted octanol–water partition coefficient (Wildman–Crippen LogP) is 7.04. The largest absolute Gasteiger partial charge is 0.497 e. The lowest BCUT2D eigenvalue weighted by atomic mass is 9.77. The Morgan fingerprint density at radius 2 is 1.58 bits per heavy atom. The van der Waals surface area contributed by atoms with Crippen molar-refractivity contribution in [2.45, 2.75) is 42.5 Å². The quantitative estimate of drug-likeness (QED) is 0.0371. The van der Waals surface area contributed by atoms with Gasteiger partial charge in [0, 0.05) is 17.7 Å². The Balaban J connectivity index is 1.03. The molecule has 3 atom stereocenters. The number of carbonyl (C=O) groups is 3. The molecule has 4 aromatic carbocycles. The number of allylic oxidation sites excluding steroid dienone is 1. The van der Waals surface area contributed by atoms with E-state index < -0.39 is 34.7 Å². The number of nitrogens with one attached hydrogen (secondary N) is 2. The molecule has 0 radical (unpaired) electrons. The van der Waals surface area contributed by atoms with Crippen LogP contribution in [0, 0.1) is 0 Å². The van der Waals surface area contributed by atoms with Gasteiger partial charge in [-0.2, -0.15) is 0 Å². The molecule has 2 fully saturated rings. The maximum Gasteiger partial charge on any atom is 0.355 e. The van der Waals surface area contributed by atoms with Crippen molar-refractivity contribution in [3.63, 3.8) is 0 Å². The first-order valence-electron chi connectivity index (χ1n) is 19.5. The lowest BCUT2D eigenvalue weighted by Gasteiger charge is -2.49. The van der Waals surface area contributed by atoms with Crippen molar-refractivity contribution in [3.8, 4) is 5.75 Å². The SMILES string of the molecule is CON=C(C(=O)N[C@@H]1C(=O)N2C(C(=O)OCc3ccc(OC)cc3)=C(C=CC3CCCO3)CS[C@@H]12)c1csc(NC(c2ccccc2)(c2ccccc2)c2ccccc2)n1. The van der Waals surface area contributed by atoms with Gasteiger partial charge in [0.1, 0.15) is 47.8 Å². The van der Waals surface area contributed by atoms with Crippen molar-refractivity contribution in [3.05, 3.63) is 172 Å². The second-order valence-electron chi connectivity index (χ2n) is 14.2. The number of thioether (sulfide) groups is 1. The third-order valence-corrected chi connectivity index (χ3v) is 12.6. The first-order valence-corrected chi connectivity index (χ1v) is 21.4. The summed E-state index contributed by atoms with van der Waals surface area (Å²) in [6.45, 7) is 0.677. The molecule has 1 aromatic heterocycles. The second kappa shape index (κ2) is 18.4. The number of aromatic nitrogens is 1. The van der Waals surface area contributed by atoms with E-state index in [9.17, 15) is 14.4 Å². The third-order valence-electron chi connectivity index (χ3n) is 10.5. The molecular weight excluding hydrogens is 799 g/mol. The number of carbonyl (C=O) groups excluding carboxylic acids is 3. The molecular formula is C46H43N5O7S2. The number of rotatable bonds is 15.